The van der Waals surface area contributed by atoms with Crippen LogP contribution >= 0.6 is 0 Å². The SMILES string of the molecule is COc1ccc(F)cc1CCNC(=O)c1cccnc1. The molecule has 0 spiro atoms. The molecule has 0 fully saturated rings. The molecule has 2 rings (SSSR count). The number of carbonyl (C=O) groups is 1. The highest BCUT2D eigenvalue weighted by molar-refractivity contribution is 5.93. The van der Waals surface area contributed by atoms with Crippen molar-refractivity contribution in [1.29, 1.82) is 0 Å². The molecule has 0 aliphatic carbocycles. The van der Waals surface area contributed by atoms with Crippen molar-refractivity contribution in [1.82, 2.24) is 10.3 Å². The Morgan fingerprint density at radius 1 is 1.40 bits per heavy atom. The van der Waals surface area contributed by atoms with Crippen molar-refractivity contribution >= 4 is 5.91 Å². The Hall–Kier alpha value is -2.43. The number of benzene rings is 1. The number of hydrogen-bond acceptors (Lipinski definition) is 3. The van der Waals surface area contributed by atoms with Gasteiger partial charge in [-0.15, -0.1) is 0 Å². The second-order valence-electron chi connectivity index (χ2n) is 4.20. The lowest BCUT2D eigenvalue weighted by molar-refractivity contribution is 0.0953. The van der Waals surface area contributed by atoms with E-state index in [-0.39, 0.29) is 11.7 Å². The van der Waals surface area contributed by atoms with Gasteiger partial charge in [-0.2, -0.15) is 0 Å². The van der Waals surface area contributed by atoms with Crippen LogP contribution < -0.4 is 10.1 Å². The molecule has 4 nitrogen and oxygen atoms in total. The van der Waals surface area contributed by atoms with E-state index in [1.807, 2.05) is 0 Å². The third-order valence-electron chi connectivity index (χ3n) is 2.85. The molecule has 1 heterocycles. The minimum atomic E-state index is -0.320. The predicted octanol–water partition coefficient (Wildman–Crippen LogP) is 2.20. The third-order valence-corrected chi connectivity index (χ3v) is 2.85. The van der Waals surface area contributed by atoms with Crippen molar-refractivity contribution in [2.24, 2.45) is 0 Å². The van der Waals surface area contributed by atoms with Crippen molar-refractivity contribution < 1.29 is 13.9 Å². The quantitative estimate of drug-likeness (QED) is 0.909. The van der Waals surface area contributed by atoms with Crippen molar-refractivity contribution in [3.63, 3.8) is 0 Å². The van der Waals surface area contributed by atoms with Crippen LogP contribution in [0.15, 0.2) is 42.7 Å². The number of methoxy groups -OCH3 is 1. The summed E-state index contributed by atoms with van der Waals surface area (Å²) in [7, 11) is 1.53. The molecule has 0 bridgehead atoms. The topological polar surface area (TPSA) is 51.2 Å². The first-order valence-corrected chi connectivity index (χ1v) is 6.21. The standard InChI is InChI=1S/C15H15FN2O2/c1-20-14-5-4-13(16)9-11(14)6-8-18-15(19)12-3-2-7-17-10-12/h2-5,7,9-10H,6,8H2,1H3,(H,18,19). The Morgan fingerprint density at radius 3 is 2.95 bits per heavy atom. The lowest BCUT2D eigenvalue weighted by Crippen LogP contribution is -2.25. The van der Waals surface area contributed by atoms with Gasteiger partial charge in [-0.1, -0.05) is 0 Å². The molecule has 0 saturated carbocycles. The fraction of sp³-hybridized carbons (Fsp3) is 0.200. The second kappa shape index (κ2) is 6.65. The number of carbonyl (C=O) groups excluding carboxylic acids is 1. The number of nitrogens with zero attached hydrogens (tertiary/aromatic N) is 1. The minimum Gasteiger partial charge on any atom is -0.496 e. The van der Waals surface area contributed by atoms with Crippen LogP contribution in [0.4, 0.5) is 4.39 Å². The summed E-state index contributed by atoms with van der Waals surface area (Å²) in [4.78, 5) is 15.7. The summed E-state index contributed by atoms with van der Waals surface area (Å²) < 4.78 is 18.3. The number of pyridine rings is 1. The van der Waals surface area contributed by atoms with Gasteiger partial charge in [0.05, 0.1) is 12.7 Å². The lowest BCUT2D eigenvalue weighted by Gasteiger charge is -2.09. The normalized spacial score (nSPS) is 10.1. The summed E-state index contributed by atoms with van der Waals surface area (Å²) in [5.74, 6) is 0.0925. The molecule has 5 heteroatoms. The van der Waals surface area contributed by atoms with Crippen LogP contribution in [0.5, 0.6) is 5.75 Å². The molecule has 0 aliphatic heterocycles. The molecule has 0 radical (unpaired) electrons. The van der Waals surface area contributed by atoms with Gasteiger partial charge < -0.3 is 10.1 Å². The van der Waals surface area contributed by atoms with Gasteiger partial charge in [0.2, 0.25) is 0 Å². The molecule has 0 unspecified atom stereocenters. The monoisotopic (exact) mass is 274 g/mol. The summed E-state index contributed by atoms with van der Waals surface area (Å²) in [6.07, 6.45) is 3.60. The van der Waals surface area contributed by atoms with E-state index in [1.165, 1.54) is 25.4 Å². The van der Waals surface area contributed by atoms with Crippen molar-refractivity contribution in [2.45, 2.75) is 6.42 Å². The fourth-order valence-electron chi connectivity index (χ4n) is 1.85. The largest absolute Gasteiger partial charge is 0.496 e. The first kappa shape index (κ1) is 14.0. The molecule has 0 atom stereocenters. The lowest BCUT2D eigenvalue weighted by atomic mass is 10.1. The number of hydrogen-bond donors (Lipinski definition) is 1. The van der Waals surface area contributed by atoms with E-state index in [4.69, 9.17) is 4.74 Å². The summed E-state index contributed by atoms with van der Waals surface area (Å²) in [5, 5.41) is 2.76. The fourth-order valence-corrected chi connectivity index (χ4v) is 1.85. The molecule has 1 amide bonds. The van der Waals surface area contributed by atoms with E-state index in [1.54, 1.807) is 24.4 Å². The highest BCUT2D eigenvalue weighted by Gasteiger charge is 2.07. The van der Waals surface area contributed by atoms with E-state index >= 15 is 0 Å². The number of aromatic nitrogens is 1. The number of ether oxygens (including phenoxy) is 1. The molecule has 0 saturated heterocycles. The predicted molar refractivity (Wildman–Crippen MR) is 73.2 cm³/mol. The van der Waals surface area contributed by atoms with Crippen LogP contribution in [0, 0.1) is 5.82 Å². The first-order valence-electron chi connectivity index (χ1n) is 6.21. The molecule has 2 aromatic rings. The molecular formula is C15H15FN2O2. The van der Waals surface area contributed by atoms with Gasteiger partial charge in [0.15, 0.2) is 0 Å². The van der Waals surface area contributed by atoms with E-state index in [0.717, 1.165) is 5.56 Å². The number of amides is 1. The molecule has 1 N–H and O–H groups in total. The van der Waals surface area contributed by atoms with E-state index in [0.29, 0.717) is 24.3 Å². The van der Waals surface area contributed by atoms with Gasteiger partial charge >= 0.3 is 0 Å². The van der Waals surface area contributed by atoms with Gasteiger partial charge in [0.1, 0.15) is 11.6 Å². The summed E-state index contributed by atoms with van der Waals surface area (Å²) >= 11 is 0. The highest BCUT2D eigenvalue weighted by atomic mass is 19.1. The summed E-state index contributed by atoms with van der Waals surface area (Å²) in [5.41, 5.74) is 1.22. The summed E-state index contributed by atoms with van der Waals surface area (Å²) in [6.45, 7) is 0.396. The molecule has 1 aromatic carbocycles. The zero-order chi connectivity index (χ0) is 14.4. The maximum Gasteiger partial charge on any atom is 0.252 e. The average molecular weight is 274 g/mol. The van der Waals surface area contributed by atoms with E-state index < -0.39 is 0 Å². The molecular weight excluding hydrogens is 259 g/mol. The van der Waals surface area contributed by atoms with Gasteiger partial charge in [-0.05, 0) is 42.3 Å². The van der Waals surface area contributed by atoms with Gasteiger partial charge in [-0.3, -0.25) is 9.78 Å². The van der Waals surface area contributed by atoms with Crippen molar-refractivity contribution in [2.75, 3.05) is 13.7 Å². The van der Waals surface area contributed by atoms with Crippen molar-refractivity contribution in [3.8, 4) is 5.75 Å². The second-order valence-corrected chi connectivity index (χ2v) is 4.20. The van der Waals surface area contributed by atoms with Crippen LogP contribution in [-0.2, 0) is 6.42 Å². The zero-order valence-corrected chi connectivity index (χ0v) is 11.1. The van der Waals surface area contributed by atoms with Gasteiger partial charge in [0.25, 0.3) is 5.91 Å². The zero-order valence-electron chi connectivity index (χ0n) is 11.1. The third kappa shape index (κ3) is 3.54. The Morgan fingerprint density at radius 2 is 2.25 bits per heavy atom. The van der Waals surface area contributed by atoms with Crippen molar-refractivity contribution in [3.05, 3.63) is 59.7 Å². The number of nitrogens with one attached hydrogen (secondary N) is 1. The molecule has 20 heavy (non-hydrogen) atoms. The van der Waals surface area contributed by atoms with Crippen LogP contribution in [-0.4, -0.2) is 24.5 Å². The first-order chi connectivity index (χ1) is 9.70. The van der Waals surface area contributed by atoms with Crippen LogP contribution in [0.25, 0.3) is 0 Å². The Balaban J connectivity index is 1.93. The van der Waals surface area contributed by atoms with Crippen LogP contribution in [0.2, 0.25) is 0 Å². The van der Waals surface area contributed by atoms with E-state index in [2.05, 4.69) is 10.3 Å². The Labute approximate surface area is 116 Å². The molecule has 104 valence electrons. The van der Waals surface area contributed by atoms with Crippen LogP contribution in [0.1, 0.15) is 15.9 Å². The Kier molecular flexibility index (Phi) is 4.65. The van der Waals surface area contributed by atoms with Gasteiger partial charge in [-0.25, -0.2) is 4.39 Å². The maximum atomic E-state index is 13.2. The molecule has 1 aromatic heterocycles. The van der Waals surface area contributed by atoms with Crippen LogP contribution in [0.3, 0.4) is 0 Å². The number of halogens is 1. The van der Waals surface area contributed by atoms with Gasteiger partial charge in [0, 0.05) is 18.9 Å². The van der Waals surface area contributed by atoms with E-state index in [9.17, 15) is 9.18 Å². The smallest absolute Gasteiger partial charge is 0.252 e. The maximum absolute atomic E-state index is 13.2. The minimum absolute atomic E-state index is 0.200. The summed E-state index contributed by atoms with van der Waals surface area (Å²) in [6, 6.07) is 7.72. The average Bonchev–Trinajstić information content (AvgIpc) is 2.48. The Bertz CT molecular complexity index is 588. The number of rotatable bonds is 5. The highest BCUT2D eigenvalue weighted by Crippen LogP contribution is 2.19. The molecule has 0 aliphatic rings.